The largest absolute Gasteiger partial charge is 0.511 e. The molecule has 0 saturated carbocycles. The topological polar surface area (TPSA) is 49.9 Å². The Hall–Kier alpha value is -0.340. The molecule has 0 aromatic heterocycles. The van der Waals surface area contributed by atoms with Crippen molar-refractivity contribution in [3.05, 3.63) is 0 Å². The van der Waals surface area contributed by atoms with E-state index in [-0.39, 0.29) is 19.2 Å². The minimum atomic E-state index is -5.22. The van der Waals surface area contributed by atoms with E-state index in [1.54, 1.807) is 0 Å². The van der Waals surface area contributed by atoms with E-state index in [2.05, 4.69) is 4.74 Å². The van der Waals surface area contributed by atoms with E-state index in [0.717, 1.165) is 0 Å². The van der Waals surface area contributed by atoms with Crippen LogP contribution in [0, 0.1) is 0 Å². The molecule has 0 spiro atoms. The molecule has 1 aliphatic rings. The van der Waals surface area contributed by atoms with E-state index >= 15 is 0 Å². The fraction of sp³-hybridized carbons (Fsp3) is 1.00. The average Bonchev–Trinajstić information content (AvgIpc) is 2.80. The second-order valence-electron chi connectivity index (χ2n) is 2.86. The maximum atomic E-state index is 12.1. The molecule has 14 heavy (non-hydrogen) atoms. The molecule has 4 nitrogen and oxygen atoms in total. The first kappa shape index (κ1) is 11.7. The van der Waals surface area contributed by atoms with Crippen LogP contribution in [0.1, 0.15) is 6.92 Å². The minimum absolute atomic E-state index is 0.207. The third kappa shape index (κ3) is 2.37. The van der Waals surface area contributed by atoms with Gasteiger partial charge in [0.25, 0.3) is 0 Å². The van der Waals surface area contributed by atoms with Gasteiger partial charge in [-0.1, -0.05) is 6.92 Å². The summed E-state index contributed by atoms with van der Waals surface area (Å²) in [6.45, 7) is 1.25. The summed E-state index contributed by atoms with van der Waals surface area (Å²) in [4.78, 5) is 0. The number of ether oxygens (including phenoxy) is 1. The van der Waals surface area contributed by atoms with Gasteiger partial charge in [-0.2, -0.15) is 17.5 Å². The number of likely N-dealkylation sites (N-methyl/N-ethyl adjacent to an activating group) is 1. The van der Waals surface area contributed by atoms with Gasteiger partial charge in [-0.15, -0.1) is 0 Å². The highest BCUT2D eigenvalue weighted by Crippen LogP contribution is 2.27. The monoisotopic (exact) mass is 233 g/mol. The number of nitrogens with zero attached hydrogens (tertiary/aromatic N) is 1. The number of epoxide rings is 1. The molecule has 0 aliphatic carbocycles. The molecule has 0 aromatic rings. The summed E-state index contributed by atoms with van der Waals surface area (Å²) in [7, 11) is -5.19. The zero-order chi connectivity index (χ0) is 11.0. The Kier molecular flexibility index (Phi) is 3.07. The Bertz CT molecular complexity index is 296. The van der Waals surface area contributed by atoms with Gasteiger partial charge in [0.05, 0.1) is 12.7 Å². The average molecular weight is 233 g/mol. The number of sulfonamides is 1. The van der Waals surface area contributed by atoms with Crippen LogP contribution in [0.25, 0.3) is 0 Å². The minimum Gasteiger partial charge on any atom is -0.372 e. The molecular formula is C6H10F3NO3S. The molecule has 0 N–H and O–H groups in total. The highest BCUT2D eigenvalue weighted by molar-refractivity contribution is 7.90. The van der Waals surface area contributed by atoms with E-state index in [1.807, 2.05) is 0 Å². The van der Waals surface area contributed by atoms with Crippen molar-refractivity contribution in [1.82, 2.24) is 4.31 Å². The van der Waals surface area contributed by atoms with E-state index in [9.17, 15) is 21.6 Å². The molecule has 1 atom stereocenters. The van der Waals surface area contributed by atoms with Gasteiger partial charge in [0.2, 0.25) is 0 Å². The van der Waals surface area contributed by atoms with Gasteiger partial charge in [0.1, 0.15) is 0 Å². The second kappa shape index (κ2) is 3.67. The van der Waals surface area contributed by atoms with Crippen LogP contribution < -0.4 is 0 Å². The Balaban J connectivity index is 2.76. The predicted molar refractivity (Wildman–Crippen MR) is 42.0 cm³/mol. The molecular weight excluding hydrogens is 223 g/mol. The van der Waals surface area contributed by atoms with Crippen molar-refractivity contribution in [3.8, 4) is 0 Å². The predicted octanol–water partition coefficient (Wildman–Crippen LogP) is 0.557. The summed E-state index contributed by atoms with van der Waals surface area (Å²) in [5.74, 6) is 0. The van der Waals surface area contributed by atoms with Crippen LogP contribution in [0.5, 0.6) is 0 Å². The van der Waals surface area contributed by atoms with Crippen LogP contribution in [0.15, 0.2) is 0 Å². The van der Waals surface area contributed by atoms with Gasteiger partial charge in [-0.05, 0) is 0 Å². The Morgan fingerprint density at radius 2 is 2.00 bits per heavy atom. The summed E-state index contributed by atoms with van der Waals surface area (Å²) in [6, 6.07) is 0. The lowest BCUT2D eigenvalue weighted by Gasteiger charge is -2.20. The molecule has 0 unspecified atom stereocenters. The fourth-order valence-electron chi connectivity index (χ4n) is 0.944. The Morgan fingerprint density at radius 1 is 1.50 bits per heavy atom. The van der Waals surface area contributed by atoms with Gasteiger partial charge in [0.15, 0.2) is 0 Å². The number of rotatable bonds is 4. The first-order chi connectivity index (χ1) is 6.29. The maximum absolute atomic E-state index is 12.1. The van der Waals surface area contributed by atoms with E-state index in [4.69, 9.17) is 0 Å². The third-order valence-corrected chi connectivity index (χ3v) is 3.47. The Labute approximate surface area is 79.7 Å². The molecule has 0 amide bonds. The van der Waals surface area contributed by atoms with Crippen molar-refractivity contribution >= 4 is 10.0 Å². The van der Waals surface area contributed by atoms with Crippen molar-refractivity contribution in [3.63, 3.8) is 0 Å². The molecule has 0 bridgehead atoms. The van der Waals surface area contributed by atoms with Crippen LogP contribution in [-0.4, -0.2) is 44.0 Å². The van der Waals surface area contributed by atoms with E-state index < -0.39 is 15.5 Å². The lowest BCUT2D eigenvalue weighted by atomic mass is 10.5. The second-order valence-corrected chi connectivity index (χ2v) is 4.79. The number of halogens is 3. The molecule has 1 rings (SSSR count). The van der Waals surface area contributed by atoms with Gasteiger partial charge in [0, 0.05) is 13.1 Å². The van der Waals surface area contributed by atoms with E-state index in [0.29, 0.717) is 10.9 Å². The molecule has 1 heterocycles. The van der Waals surface area contributed by atoms with Crippen LogP contribution in [0.2, 0.25) is 0 Å². The number of hydrogen-bond acceptors (Lipinski definition) is 3. The molecule has 0 radical (unpaired) electrons. The first-order valence-corrected chi connectivity index (χ1v) is 5.41. The van der Waals surface area contributed by atoms with Crippen LogP contribution in [0.4, 0.5) is 13.2 Å². The molecule has 0 aromatic carbocycles. The van der Waals surface area contributed by atoms with Crippen LogP contribution >= 0.6 is 0 Å². The van der Waals surface area contributed by atoms with Crippen molar-refractivity contribution in [1.29, 1.82) is 0 Å². The quantitative estimate of drug-likeness (QED) is 0.666. The van der Waals surface area contributed by atoms with Crippen molar-refractivity contribution in [2.75, 3.05) is 19.7 Å². The Morgan fingerprint density at radius 3 is 2.29 bits per heavy atom. The summed E-state index contributed by atoms with van der Waals surface area (Å²) in [5, 5.41) is 0. The van der Waals surface area contributed by atoms with Crippen molar-refractivity contribution in [2.24, 2.45) is 0 Å². The standard InChI is InChI=1S/C6H10F3NO3S/c1-2-10(3-5-4-13-5)14(11,12)6(7,8)9/h5H,2-4H2,1H3/t5-/m0/s1. The maximum Gasteiger partial charge on any atom is 0.511 e. The van der Waals surface area contributed by atoms with Gasteiger partial charge >= 0.3 is 15.5 Å². The SMILES string of the molecule is CCN(C[C@H]1CO1)S(=O)(=O)C(F)(F)F. The number of alkyl halides is 3. The summed E-state index contributed by atoms with van der Waals surface area (Å²) in [6.07, 6.45) is -0.382. The van der Waals surface area contributed by atoms with Gasteiger partial charge in [-0.3, -0.25) is 0 Å². The summed E-state index contributed by atoms with van der Waals surface area (Å²) >= 11 is 0. The number of hydrogen-bond donors (Lipinski definition) is 0. The normalized spacial score (nSPS) is 22.8. The highest BCUT2D eigenvalue weighted by Gasteiger charge is 2.50. The zero-order valence-corrected chi connectivity index (χ0v) is 8.23. The van der Waals surface area contributed by atoms with Crippen molar-refractivity contribution < 1.29 is 26.3 Å². The third-order valence-electron chi connectivity index (χ3n) is 1.79. The van der Waals surface area contributed by atoms with Crippen molar-refractivity contribution in [2.45, 2.75) is 18.5 Å². The summed E-state index contributed by atoms with van der Waals surface area (Å²) in [5.41, 5.74) is -5.22. The molecule has 1 fully saturated rings. The first-order valence-electron chi connectivity index (χ1n) is 3.97. The summed E-state index contributed by atoms with van der Waals surface area (Å²) < 4.78 is 63.1. The lowest BCUT2D eigenvalue weighted by Crippen LogP contribution is -2.42. The van der Waals surface area contributed by atoms with E-state index in [1.165, 1.54) is 6.92 Å². The zero-order valence-electron chi connectivity index (χ0n) is 7.41. The fourth-order valence-corrected chi connectivity index (χ4v) is 1.94. The smallest absolute Gasteiger partial charge is 0.372 e. The highest BCUT2D eigenvalue weighted by atomic mass is 32.2. The van der Waals surface area contributed by atoms with Gasteiger partial charge in [-0.25, -0.2) is 8.42 Å². The molecule has 8 heteroatoms. The molecule has 1 aliphatic heterocycles. The van der Waals surface area contributed by atoms with Gasteiger partial charge < -0.3 is 4.74 Å². The van der Waals surface area contributed by atoms with Crippen LogP contribution in [-0.2, 0) is 14.8 Å². The lowest BCUT2D eigenvalue weighted by molar-refractivity contribution is -0.0489. The van der Waals surface area contributed by atoms with Crippen LogP contribution in [0.3, 0.4) is 0 Å². The molecule has 1 saturated heterocycles. The molecule has 84 valence electrons.